The molecule has 6 heteroatoms. The standard InChI is InChI=1S/C28H43N3O3/c1-10-23(32)20-16-25(2,3)30(26(4,5)17-20)31-27(6,7)18-22(19-28(31,8)9)34-24(33)29-21-14-12-11-13-15-21/h10-15,20,22H,1,16-19H2,2-9H3,(H,29,33). The number of ether oxygens (including phenoxy) is 1. The van der Waals surface area contributed by atoms with Crippen LogP contribution >= 0.6 is 0 Å². The number of allylic oxidation sites excluding steroid dienone is 1. The number of nitrogens with one attached hydrogen (secondary N) is 1. The highest BCUT2D eigenvalue weighted by Gasteiger charge is 2.57. The lowest BCUT2D eigenvalue weighted by atomic mass is 9.71. The summed E-state index contributed by atoms with van der Waals surface area (Å²) in [5.41, 5.74) is -0.244. The third kappa shape index (κ3) is 5.38. The Balaban J connectivity index is 1.83. The van der Waals surface area contributed by atoms with Gasteiger partial charge in [0, 0.05) is 46.6 Å². The summed E-state index contributed by atoms with van der Waals surface area (Å²) in [5.74, 6) is 0.114. The van der Waals surface area contributed by atoms with Gasteiger partial charge in [-0.2, -0.15) is 0 Å². The van der Waals surface area contributed by atoms with Crippen LogP contribution in [0.15, 0.2) is 43.0 Å². The van der Waals surface area contributed by atoms with E-state index in [0.717, 1.165) is 31.4 Å². The van der Waals surface area contributed by atoms with E-state index in [9.17, 15) is 9.59 Å². The minimum Gasteiger partial charge on any atom is -0.446 e. The van der Waals surface area contributed by atoms with Gasteiger partial charge in [0.2, 0.25) is 0 Å². The highest BCUT2D eigenvalue weighted by Crippen LogP contribution is 2.50. The van der Waals surface area contributed by atoms with Crippen molar-refractivity contribution in [2.45, 2.75) is 109 Å². The van der Waals surface area contributed by atoms with E-state index in [-0.39, 0.29) is 40.0 Å². The van der Waals surface area contributed by atoms with Crippen molar-refractivity contribution in [3.63, 3.8) is 0 Å². The third-order valence-electron chi connectivity index (χ3n) is 7.34. The van der Waals surface area contributed by atoms with E-state index in [1.807, 2.05) is 30.3 Å². The second kappa shape index (κ2) is 9.12. The summed E-state index contributed by atoms with van der Waals surface area (Å²) in [5, 5.41) is 7.88. The molecule has 0 atom stereocenters. The highest BCUT2D eigenvalue weighted by molar-refractivity contribution is 5.91. The van der Waals surface area contributed by atoms with E-state index in [2.05, 4.69) is 77.3 Å². The number of anilines is 1. The van der Waals surface area contributed by atoms with Crippen LogP contribution < -0.4 is 5.32 Å². The van der Waals surface area contributed by atoms with Crippen LogP contribution in [0.3, 0.4) is 0 Å². The zero-order valence-corrected chi connectivity index (χ0v) is 22.3. The number of hydrogen-bond acceptors (Lipinski definition) is 5. The maximum Gasteiger partial charge on any atom is 0.411 e. The van der Waals surface area contributed by atoms with E-state index >= 15 is 0 Å². The zero-order valence-electron chi connectivity index (χ0n) is 22.3. The van der Waals surface area contributed by atoms with Crippen molar-refractivity contribution in [3.8, 4) is 0 Å². The van der Waals surface area contributed by atoms with Gasteiger partial charge in [-0.3, -0.25) is 10.1 Å². The summed E-state index contributed by atoms with van der Waals surface area (Å²) in [6.07, 6.45) is 3.86. The fourth-order valence-electron chi connectivity index (χ4n) is 6.80. The largest absolute Gasteiger partial charge is 0.446 e. The number of para-hydroxylation sites is 1. The van der Waals surface area contributed by atoms with Gasteiger partial charge in [0.25, 0.3) is 0 Å². The smallest absolute Gasteiger partial charge is 0.411 e. The van der Waals surface area contributed by atoms with Gasteiger partial charge < -0.3 is 4.74 Å². The van der Waals surface area contributed by atoms with Gasteiger partial charge in [0.15, 0.2) is 5.78 Å². The molecule has 1 N–H and O–H groups in total. The summed E-state index contributed by atoms with van der Waals surface area (Å²) >= 11 is 0. The Morgan fingerprint density at radius 2 is 1.29 bits per heavy atom. The van der Waals surface area contributed by atoms with Crippen molar-refractivity contribution in [1.82, 2.24) is 10.0 Å². The lowest BCUT2D eigenvalue weighted by Crippen LogP contribution is -2.77. The Labute approximate surface area is 205 Å². The molecule has 0 spiro atoms. The summed E-state index contributed by atoms with van der Waals surface area (Å²) in [4.78, 5) is 25.2. The number of rotatable bonds is 5. The van der Waals surface area contributed by atoms with E-state index in [1.54, 1.807) is 0 Å². The van der Waals surface area contributed by atoms with Crippen LogP contribution in [-0.4, -0.2) is 50.2 Å². The molecule has 0 aliphatic carbocycles. The molecule has 6 nitrogen and oxygen atoms in total. The minimum atomic E-state index is -0.416. The Hall–Kier alpha value is -2.18. The van der Waals surface area contributed by atoms with Gasteiger partial charge >= 0.3 is 6.09 Å². The van der Waals surface area contributed by atoms with Crippen LogP contribution in [-0.2, 0) is 9.53 Å². The van der Waals surface area contributed by atoms with Gasteiger partial charge in [-0.05, 0) is 86.4 Å². The van der Waals surface area contributed by atoms with Gasteiger partial charge in [0.1, 0.15) is 6.10 Å². The fraction of sp³-hybridized carbons (Fsp3) is 0.643. The molecule has 1 aromatic rings. The topological polar surface area (TPSA) is 61.9 Å². The third-order valence-corrected chi connectivity index (χ3v) is 7.34. The molecule has 0 radical (unpaired) electrons. The zero-order chi connectivity index (χ0) is 25.5. The Bertz CT molecular complexity index is 884. The van der Waals surface area contributed by atoms with E-state index < -0.39 is 6.09 Å². The van der Waals surface area contributed by atoms with Gasteiger partial charge in [-0.1, -0.05) is 24.8 Å². The lowest BCUT2D eigenvalue weighted by Gasteiger charge is -2.67. The Morgan fingerprint density at radius 1 is 0.853 bits per heavy atom. The maximum absolute atomic E-state index is 12.6. The first-order valence-electron chi connectivity index (χ1n) is 12.4. The minimum absolute atomic E-state index is 0.0208. The first-order valence-corrected chi connectivity index (χ1v) is 12.4. The van der Waals surface area contributed by atoms with Crippen molar-refractivity contribution in [3.05, 3.63) is 43.0 Å². The fourth-order valence-corrected chi connectivity index (χ4v) is 6.80. The average Bonchev–Trinajstić information content (AvgIpc) is 2.68. The average molecular weight is 470 g/mol. The number of benzene rings is 1. The summed E-state index contributed by atoms with van der Waals surface area (Å²) in [7, 11) is 0. The monoisotopic (exact) mass is 469 g/mol. The molecule has 34 heavy (non-hydrogen) atoms. The van der Waals surface area contributed by atoms with Gasteiger partial charge in [-0.15, -0.1) is 0 Å². The van der Waals surface area contributed by atoms with E-state index in [1.165, 1.54) is 6.08 Å². The number of piperidine rings is 2. The predicted molar refractivity (Wildman–Crippen MR) is 137 cm³/mol. The van der Waals surface area contributed by atoms with Gasteiger partial charge in [0.05, 0.1) is 0 Å². The quantitative estimate of drug-likeness (QED) is 0.521. The molecule has 0 saturated carbocycles. The molecule has 188 valence electrons. The van der Waals surface area contributed by atoms with Crippen LogP contribution in [0.4, 0.5) is 10.5 Å². The van der Waals surface area contributed by atoms with Crippen LogP contribution in [0, 0.1) is 5.92 Å². The number of carbonyl (C=O) groups excluding carboxylic acids is 2. The number of amides is 1. The molecule has 3 rings (SSSR count). The predicted octanol–water partition coefficient (Wildman–Crippen LogP) is 6.20. The normalized spacial score (nSPS) is 24.8. The molecule has 0 unspecified atom stereocenters. The molecule has 2 heterocycles. The van der Waals surface area contributed by atoms with Crippen molar-refractivity contribution >= 4 is 17.6 Å². The summed E-state index contributed by atoms with van der Waals surface area (Å²) < 4.78 is 5.92. The molecule has 2 aliphatic heterocycles. The summed E-state index contributed by atoms with van der Waals surface area (Å²) in [6.45, 7) is 21.6. The summed E-state index contributed by atoms with van der Waals surface area (Å²) in [6, 6.07) is 9.38. The number of ketones is 1. The van der Waals surface area contributed by atoms with Crippen molar-refractivity contribution in [2.24, 2.45) is 5.92 Å². The molecule has 2 fully saturated rings. The van der Waals surface area contributed by atoms with Crippen molar-refractivity contribution in [2.75, 3.05) is 5.32 Å². The van der Waals surface area contributed by atoms with Crippen LogP contribution in [0.5, 0.6) is 0 Å². The Morgan fingerprint density at radius 3 is 1.74 bits per heavy atom. The Kier molecular flexibility index (Phi) is 7.09. The number of carbonyl (C=O) groups is 2. The molecule has 1 aromatic carbocycles. The molecule has 0 bridgehead atoms. The molecular formula is C28H43N3O3. The van der Waals surface area contributed by atoms with Crippen LogP contribution in [0.25, 0.3) is 0 Å². The molecule has 1 amide bonds. The molecule has 0 aromatic heterocycles. The van der Waals surface area contributed by atoms with E-state index in [4.69, 9.17) is 4.74 Å². The number of nitrogens with zero attached hydrogens (tertiary/aromatic N) is 2. The van der Waals surface area contributed by atoms with E-state index in [0.29, 0.717) is 0 Å². The first-order chi connectivity index (χ1) is 15.6. The second-order valence-electron chi connectivity index (χ2n) is 12.5. The molecule has 2 saturated heterocycles. The second-order valence-corrected chi connectivity index (χ2v) is 12.5. The van der Waals surface area contributed by atoms with Gasteiger partial charge in [-0.25, -0.2) is 14.8 Å². The number of hydrogen-bond donors (Lipinski definition) is 1. The highest BCUT2D eigenvalue weighted by atomic mass is 16.6. The first kappa shape index (κ1) is 26.4. The van der Waals surface area contributed by atoms with Crippen molar-refractivity contribution in [1.29, 1.82) is 0 Å². The van der Waals surface area contributed by atoms with Crippen LogP contribution in [0.2, 0.25) is 0 Å². The molecule has 2 aliphatic rings. The molecular weight excluding hydrogens is 426 g/mol. The lowest BCUT2D eigenvalue weighted by molar-refractivity contribution is -0.285. The van der Waals surface area contributed by atoms with Crippen LogP contribution in [0.1, 0.15) is 81.1 Å². The number of hydrazine groups is 1. The van der Waals surface area contributed by atoms with Crippen molar-refractivity contribution < 1.29 is 14.3 Å². The SMILES string of the molecule is C=CC(=O)C1CC(C)(C)N(N2C(C)(C)CC(OC(=O)Nc3ccccc3)CC2(C)C)C(C)(C)C1. The maximum atomic E-state index is 12.6.